The largest absolute Gasteiger partial charge is 0.353 e. The number of carbonyl (C=O) groups excluding carboxylic acids is 1. The molecule has 1 atom stereocenters. The van der Waals surface area contributed by atoms with Gasteiger partial charge in [0.15, 0.2) is 0 Å². The molecule has 0 fully saturated rings. The van der Waals surface area contributed by atoms with Gasteiger partial charge in [-0.2, -0.15) is 0 Å². The van der Waals surface area contributed by atoms with Crippen molar-refractivity contribution in [1.29, 1.82) is 0 Å². The number of hydrogen-bond donors (Lipinski definition) is 2. The highest BCUT2D eigenvalue weighted by atomic mass is 32.2. The van der Waals surface area contributed by atoms with Crippen molar-refractivity contribution in [3.63, 3.8) is 0 Å². The van der Waals surface area contributed by atoms with Gasteiger partial charge < -0.3 is 5.32 Å². The Morgan fingerprint density at radius 3 is 2.69 bits per heavy atom. The zero-order chi connectivity index (χ0) is 10.3. The van der Waals surface area contributed by atoms with Crippen LogP contribution in [-0.4, -0.2) is 29.7 Å². The SMILES string of the molecule is C=CC(=O)NCCC[SH](C)C(C)C. The van der Waals surface area contributed by atoms with E-state index in [-0.39, 0.29) is 16.8 Å². The first-order valence-corrected chi connectivity index (χ1v) is 6.72. The molecule has 0 aromatic heterocycles. The normalized spacial score (nSPS) is 14.0. The van der Waals surface area contributed by atoms with Crippen LogP contribution in [-0.2, 0) is 4.79 Å². The van der Waals surface area contributed by atoms with Gasteiger partial charge in [0, 0.05) is 6.54 Å². The van der Waals surface area contributed by atoms with Crippen molar-refractivity contribution in [2.24, 2.45) is 0 Å². The Kier molecular flexibility index (Phi) is 6.77. The Balaban J connectivity index is 3.35. The summed E-state index contributed by atoms with van der Waals surface area (Å²) >= 11 is 0. The van der Waals surface area contributed by atoms with Crippen molar-refractivity contribution >= 4 is 16.8 Å². The molecule has 0 heterocycles. The molecular weight excluding hydrogens is 182 g/mol. The maximum atomic E-state index is 10.8. The topological polar surface area (TPSA) is 29.1 Å². The lowest BCUT2D eigenvalue weighted by Gasteiger charge is -2.19. The van der Waals surface area contributed by atoms with Gasteiger partial charge in [-0.05, 0) is 29.8 Å². The van der Waals surface area contributed by atoms with Gasteiger partial charge >= 0.3 is 0 Å². The number of thiol groups is 1. The molecule has 2 nitrogen and oxygen atoms in total. The van der Waals surface area contributed by atoms with Crippen LogP contribution in [0.5, 0.6) is 0 Å². The molecule has 13 heavy (non-hydrogen) atoms. The Hall–Kier alpha value is -0.440. The summed E-state index contributed by atoms with van der Waals surface area (Å²) in [6.07, 6.45) is 4.71. The van der Waals surface area contributed by atoms with E-state index >= 15 is 0 Å². The van der Waals surface area contributed by atoms with Crippen molar-refractivity contribution in [3.8, 4) is 0 Å². The van der Waals surface area contributed by atoms with E-state index in [1.165, 1.54) is 11.8 Å². The molecule has 0 saturated heterocycles. The lowest BCUT2D eigenvalue weighted by molar-refractivity contribution is -0.116. The van der Waals surface area contributed by atoms with Crippen LogP contribution >= 0.6 is 10.9 Å². The van der Waals surface area contributed by atoms with Gasteiger partial charge in [0.05, 0.1) is 0 Å². The van der Waals surface area contributed by atoms with Crippen LogP contribution in [0.2, 0.25) is 0 Å². The molecule has 0 spiro atoms. The van der Waals surface area contributed by atoms with Gasteiger partial charge in [0.25, 0.3) is 0 Å². The monoisotopic (exact) mass is 203 g/mol. The van der Waals surface area contributed by atoms with Gasteiger partial charge in [0.1, 0.15) is 0 Å². The van der Waals surface area contributed by atoms with Crippen LogP contribution in [0.25, 0.3) is 0 Å². The molecule has 0 radical (unpaired) electrons. The lowest BCUT2D eigenvalue weighted by Crippen LogP contribution is -2.22. The van der Waals surface area contributed by atoms with Crippen LogP contribution in [0.3, 0.4) is 0 Å². The van der Waals surface area contributed by atoms with Crippen molar-refractivity contribution < 1.29 is 4.79 Å². The first kappa shape index (κ1) is 12.6. The minimum atomic E-state index is -0.0648. The van der Waals surface area contributed by atoms with E-state index in [1.807, 2.05) is 0 Å². The van der Waals surface area contributed by atoms with Crippen molar-refractivity contribution in [1.82, 2.24) is 5.32 Å². The highest BCUT2D eigenvalue weighted by Gasteiger charge is 2.01. The van der Waals surface area contributed by atoms with Gasteiger partial charge in [0.2, 0.25) is 5.91 Å². The van der Waals surface area contributed by atoms with Gasteiger partial charge in [-0.15, -0.1) is 0 Å². The highest BCUT2D eigenvalue weighted by Crippen LogP contribution is 2.26. The van der Waals surface area contributed by atoms with Crippen LogP contribution in [0, 0.1) is 0 Å². The second-order valence-electron chi connectivity index (χ2n) is 3.42. The summed E-state index contributed by atoms with van der Waals surface area (Å²) < 4.78 is 0. The fourth-order valence-electron chi connectivity index (χ4n) is 0.870. The zero-order valence-corrected chi connectivity index (χ0v) is 9.73. The van der Waals surface area contributed by atoms with E-state index < -0.39 is 0 Å². The molecular formula is C10H21NOS. The molecule has 1 unspecified atom stereocenters. The number of hydrogen-bond acceptors (Lipinski definition) is 1. The van der Waals surface area contributed by atoms with Crippen molar-refractivity contribution in [3.05, 3.63) is 12.7 Å². The van der Waals surface area contributed by atoms with Crippen molar-refractivity contribution in [2.45, 2.75) is 25.5 Å². The molecule has 1 N–H and O–H groups in total. The quantitative estimate of drug-likeness (QED) is 0.384. The predicted molar refractivity (Wildman–Crippen MR) is 62.7 cm³/mol. The minimum absolute atomic E-state index is 0.0648. The molecule has 0 bridgehead atoms. The molecule has 0 aliphatic heterocycles. The van der Waals surface area contributed by atoms with Gasteiger partial charge in [-0.1, -0.05) is 20.4 Å². The Labute approximate surface area is 84.1 Å². The van der Waals surface area contributed by atoms with Crippen LogP contribution in [0.15, 0.2) is 12.7 Å². The fraction of sp³-hybridized carbons (Fsp3) is 0.700. The number of nitrogens with one attached hydrogen (secondary N) is 1. The molecule has 3 heteroatoms. The predicted octanol–water partition coefficient (Wildman–Crippen LogP) is 1.72. The summed E-state index contributed by atoms with van der Waals surface area (Å²) in [5.74, 6) is 1.18. The van der Waals surface area contributed by atoms with E-state index in [2.05, 4.69) is 32.0 Å². The number of carbonyl (C=O) groups is 1. The third kappa shape index (κ3) is 6.70. The molecule has 0 aliphatic carbocycles. The molecule has 0 rings (SSSR count). The van der Waals surface area contributed by atoms with Gasteiger partial charge in [-0.3, -0.25) is 15.7 Å². The smallest absolute Gasteiger partial charge is 0.243 e. The highest BCUT2D eigenvalue weighted by molar-refractivity contribution is 8.16. The summed E-state index contributed by atoms with van der Waals surface area (Å²) in [7, 11) is 0.148. The Morgan fingerprint density at radius 1 is 1.62 bits per heavy atom. The summed E-state index contributed by atoms with van der Waals surface area (Å²) in [6.45, 7) is 8.69. The third-order valence-corrected chi connectivity index (χ3v) is 4.84. The molecule has 0 aliphatic rings. The summed E-state index contributed by atoms with van der Waals surface area (Å²) in [4.78, 5) is 10.8. The van der Waals surface area contributed by atoms with E-state index in [1.54, 1.807) is 0 Å². The standard InChI is InChI=1S/C10H21NOS/c1-5-10(12)11-7-6-8-13(4)9(2)3/h5,9,13H,1,6-8H2,2-4H3,(H,11,12). The fourth-order valence-corrected chi connectivity index (χ4v) is 2.04. The first-order chi connectivity index (χ1) is 6.07. The first-order valence-electron chi connectivity index (χ1n) is 4.68. The maximum Gasteiger partial charge on any atom is 0.243 e. The molecule has 0 aromatic carbocycles. The van der Waals surface area contributed by atoms with Crippen LogP contribution < -0.4 is 5.32 Å². The Morgan fingerprint density at radius 2 is 2.23 bits per heavy atom. The second kappa shape index (κ2) is 7.01. The van der Waals surface area contributed by atoms with Crippen LogP contribution in [0.4, 0.5) is 0 Å². The third-order valence-electron chi connectivity index (χ3n) is 2.05. The van der Waals surface area contributed by atoms with Gasteiger partial charge in [-0.25, -0.2) is 0 Å². The summed E-state index contributed by atoms with van der Waals surface area (Å²) in [6, 6.07) is 0. The van der Waals surface area contributed by atoms with E-state index in [4.69, 9.17) is 0 Å². The summed E-state index contributed by atoms with van der Waals surface area (Å²) in [5.41, 5.74) is 0. The van der Waals surface area contributed by atoms with E-state index in [0.717, 1.165) is 18.2 Å². The zero-order valence-electron chi connectivity index (χ0n) is 8.84. The maximum absolute atomic E-state index is 10.8. The van der Waals surface area contributed by atoms with E-state index in [0.29, 0.717) is 0 Å². The number of rotatable bonds is 6. The molecule has 78 valence electrons. The molecule has 0 saturated carbocycles. The molecule has 0 aromatic rings. The number of amides is 1. The van der Waals surface area contributed by atoms with Crippen LogP contribution in [0.1, 0.15) is 20.3 Å². The minimum Gasteiger partial charge on any atom is -0.353 e. The summed E-state index contributed by atoms with van der Waals surface area (Å²) in [5, 5.41) is 3.58. The second-order valence-corrected chi connectivity index (χ2v) is 6.42. The Bertz CT molecular complexity index is 168. The average molecular weight is 203 g/mol. The molecule has 1 amide bonds. The van der Waals surface area contributed by atoms with E-state index in [9.17, 15) is 4.79 Å². The average Bonchev–Trinajstić information content (AvgIpc) is 2.11. The van der Waals surface area contributed by atoms with Crippen molar-refractivity contribution in [2.75, 3.05) is 18.6 Å². The lowest BCUT2D eigenvalue weighted by atomic mass is 10.4.